The van der Waals surface area contributed by atoms with Gasteiger partial charge in [0.05, 0.1) is 42.4 Å². The summed E-state index contributed by atoms with van der Waals surface area (Å²) in [6.45, 7) is 3.17. The summed E-state index contributed by atoms with van der Waals surface area (Å²) >= 11 is 0. The first kappa shape index (κ1) is 19.4. The van der Waals surface area contributed by atoms with Crippen LogP contribution < -0.4 is 4.72 Å². The second-order valence-corrected chi connectivity index (χ2v) is 7.09. The molecule has 1 heterocycles. The smallest absolute Gasteiger partial charge is 0.339 e. The number of benzene rings is 1. The summed E-state index contributed by atoms with van der Waals surface area (Å²) in [7, 11) is -0.0683. The Kier molecular flexibility index (Phi) is 5.36. The minimum Gasteiger partial charge on any atom is -0.465 e. The largest absolute Gasteiger partial charge is 0.465 e. The van der Waals surface area contributed by atoms with Gasteiger partial charge in [-0.3, -0.25) is 9.40 Å². The molecule has 0 saturated carbocycles. The van der Waals surface area contributed by atoms with Gasteiger partial charge in [0, 0.05) is 7.05 Å². The molecule has 26 heavy (non-hydrogen) atoms. The molecule has 0 saturated heterocycles. The number of aryl methyl sites for hydroxylation is 2. The number of hydrogen-bond donors (Lipinski definition) is 1. The Hall–Kier alpha value is -2.88. The van der Waals surface area contributed by atoms with E-state index in [-0.39, 0.29) is 21.7 Å². The van der Waals surface area contributed by atoms with Crippen molar-refractivity contribution in [1.29, 1.82) is 0 Å². The zero-order valence-corrected chi connectivity index (χ0v) is 15.8. The average Bonchev–Trinajstić information content (AvgIpc) is 2.85. The van der Waals surface area contributed by atoms with Crippen molar-refractivity contribution in [3.63, 3.8) is 0 Å². The maximum atomic E-state index is 12.8. The Morgan fingerprint density at radius 2 is 1.73 bits per heavy atom. The van der Waals surface area contributed by atoms with Crippen LogP contribution in [-0.4, -0.2) is 44.4 Å². The number of esters is 2. The van der Waals surface area contributed by atoms with Crippen molar-refractivity contribution in [1.82, 2.24) is 9.78 Å². The van der Waals surface area contributed by atoms with Gasteiger partial charge < -0.3 is 9.47 Å². The number of aromatic nitrogens is 2. The number of carbonyl (C=O) groups is 2. The predicted molar refractivity (Wildman–Crippen MR) is 92.6 cm³/mol. The van der Waals surface area contributed by atoms with E-state index in [4.69, 9.17) is 0 Å². The van der Waals surface area contributed by atoms with E-state index in [1.807, 2.05) is 0 Å². The molecule has 9 nitrogen and oxygen atoms in total. The molecule has 2 rings (SSSR count). The zero-order chi connectivity index (χ0) is 19.6. The molecule has 0 fully saturated rings. The normalized spacial score (nSPS) is 11.1. The van der Waals surface area contributed by atoms with Crippen molar-refractivity contribution >= 4 is 27.6 Å². The fourth-order valence-electron chi connectivity index (χ4n) is 2.50. The highest BCUT2D eigenvalue weighted by atomic mass is 32.2. The van der Waals surface area contributed by atoms with Crippen molar-refractivity contribution in [3.05, 3.63) is 40.7 Å². The summed E-state index contributed by atoms with van der Waals surface area (Å²) in [5, 5.41) is 4.08. The average molecular weight is 381 g/mol. The topological polar surface area (TPSA) is 117 Å². The molecule has 0 bridgehead atoms. The molecule has 0 unspecified atom stereocenters. The van der Waals surface area contributed by atoms with E-state index in [0.717, 1.165) is 0 Å². The van der Waals surface area contributed by atoms with Crippen molar-refractivity contribution < 1.29 is 27.5 Å². The lowest BCUT2D eigenvalue weighted by Crippen LogP contribution is -2.18. The molecule has 0 aliphatic heterocycles. The van der Waals surface area contributed by atoms with Gasteiger partial charge in [-0.05, 0) is 32.0 Å². The van der Waals surface area contributed by atoms with E-state index in [2.05, 4.69) is 19.3 Å². The number of hydrogen-bond acceptors (Lipinski definition) is 7. The molecule has 0 radical (unpaired) electrons. The fraction of sp³-hybridized carbons (Fsp3) is 0.312. The summed E-state index contributed by atoms with van der Waals surface area (Å²) < 4.78 is 38.8. The Morgan fingerprint density at radius 3 is 2.23 bits per heavy atom. The number of rotatable bonds is 5. The third kappa shape index (κ3) is 3.54. The molecule has 0 spiro atoms. The SMILES string of the molecule is COC(=O)c1ccc(C(=O)OC)c(NS(=O)(=O)c2c(C)nn(C)c2C)c1. The van der Waals surface area contributed by atoms with Crippen LogP contribution in [-0.2, 0) is 26.5 Å². The summed E-state index contributed by atoms with van der Waals surface area (Å²) in [5.41, 5.74) is 0.683. The number of nitrogens with zero attached hydrogens (tertiary/aromatic N) is 2. The Bertz CT molecular complexity index is 978. The highest BCUT2D eigenvalue weighted by Gasteiger charge is 2.26. The van der Waals surface area contributed by atoms with Crippen molar-refractivity contribution in [2.24, 2.45) is 7.05 Å². The summed E-state index contributed by atoms with van der Waals surface area (Å²) in [6, 6.07) is 3.85. The number of anilines is 1. The van der Waals surface area contributed by atoms with Crippen molar-refractivity contribution in [3.8, 4) is 0 Å². The summed E-state index contributed by atoms with van der Waals surface area (Å²) in [4.78, 5) is 23.7. The van der Waals surface area contributed by atoms with E-state index in [9.17, 15) is 18.0 Å². The highest BCUT2D eigenvalue weighted by molar-refractivity contribution is 7.92. The van der Waals surface area contributed by atoms with Gasteiger partial charge in [0.1, 0.15) is 4.90 Å². The Morgan fingerprint density at radius 1 is 1.12 bits per heavy atom. The molecule has 1 aromatic heterocycles. The van der Waals surface area contributed by atoms with Crippen molar-refractivity contribution in [2.75, 3.05) is 18.9 Å². The maximum Gasteiger partial charge on any atom is 0.339 e. The molecular formula is C16H19N3O6S. The van der Waals surface area contributed by atoms with Gasteiger partial charge in [0.2, 0.25) is 0 Å². The first-order valence-electron chi connectivity index (χ1n) is 7.46. The molecular weight excluding hydrogens is 362 g/mol. The van der Waals surface area contributed by atoms with Gasteiger partial charge in [-0.1, -0.05) is 0 Å². The van der Waals surface area contributed by atoms with Gasteiger partial charge in [-0.25, -0.2) is 18.0 Å². The molecule has 2 aromatic rings. The standard InChI is InChI=1S/C16H19N3O6S/c1-9-14(10(2)19(3)17-9)26(22,23)18-13-8-11(15(20)24-4)6-7-12(13)16(21)25-5/h6-8,18H,1-5H3. The molecule has 0 amide bonds. The minimum absolute atomic E-state index is 0.000660. The van der Waals surface area contributed by atoms with E-state index >= 15 is 0 Å². The van der Waals surface area contributed by atoms with Gasteiger partial charge in [0.25, 0.3) is 10.0 Å². The van der Waals surface area contributed by atoms with Crippen LogP contribution in [0.3, 0.4) is 0 Å². The molecule has 10 heteroatoms. The second-order valence-electron chi connectivity index (χ2n) is 5.47. The first-order chi connectivity index (χ1) is 12.1. The molecule has 140 valence electrons. The van der Waals surface area contributed by atoms with Crippen LogP contribution >= 0.6 is 0 Å². The summed E-state index contributed by atoms with van der Waals surface area (Å²) in [5.74, 6) is -1.42. The van der Waals surface area contributed by atoms with Crippen LogP contribution in [0.1, 0.15) is 32.1 Å². The lowest BCUT2D eigenvalue weighted by molar-refractivity contribution is 0.0587. The number of carbonyl (C=O) groups excluding carboxylic acids is 2. The lowest BCUT2D eigenvalue weighted by Gasteiger charge is -2.13. The predicted octanol–water partition coefficient (Wildman–Crippen LogP) is 1.41. The van der Waals surface area contributed by atoms with Gasteiger partial charge in [0.15, 0.2) is 0 Å². The third-order valence-corrected chi connectivity index (χ3v) is 5.42. The second kappa shape index (κ2) is 7.16. The Balaban J connectivity index is 2.58. The van der Waals surface area contributed by atoms with Crippen LogP contribution in [0.25, 0.3) is 0 Å². The fourth-order valence-corrected chi connectivity index (χ4v) is 4.01. The van der Waals surface area contributed by atoms with Gasteiger partial charge >= 0.3 is 11.9 Å². The zero-order valence-electron chi connectivity index (χ0n) is 15.0. The van der Waals surface area contributed by atoms with Crippen LogP contribution in [0.5, 0.6) is 0 Å². The van der Waals surface area contributed by atoms with Gasteiger partial charge in [-0.15, -0.1) is 0 Å². The number of sulfonamides is 1. The third-order valence-electron chi connectivity index (χ3n) is 3.80. The van der Waals surface area contributed by atoms with E-state index in [1.54, 1.807) is 20.9 Å². The Labute approximate surface area is 151 Å². The van der Waals surface area contributed by atoms with E-state index in [1.165, 1.54) is 37.1 Å². The molecule has 0 aliphatic rings. The van der Waals surface area contributed by atoms with E-state index < -0.39 is 22.0 Å². The number of methoxy groups -OCH3 is 2. The van der Waals surface area contributed by atoms with E-state index in [0.29, 0.717) is 11.4 Å². The highest BCUT2D eigenvalue weighted by Crippen LogP contribution is 2.26. The molecule has 0 aliphatic carbocycles. The van der Waals surface area contributed by atoms with Crippen LogP contribution in [0.4, 0.5) is 5.69 Å². The monoisotopic (exact) mass is 381 g/mol. The number of nitrogens with one attached hydrogen (secondary N) is 1. The summed E-state index contributed by atoms with van der Waals surface area (Å²) in [6.07, 6.45) is 0. The van der Waals surface area contributed by atoms with Crippen LogP contribution in [0.2, 0.25) is 0 Å². The van der Waals surface area contributed by atoms with Crippen LogP contribution in [0.15, 0.2) is 23.1 Å². The first-order valence-corrected chi connectivity index (χ1v) is 8.94. The van der Waals surface area contributed by atoms with Crippen molar-refractivity contribution in [2.45, 2.75) is 18.7 Å². The molecule has 1 N–H and O–H groups in total. The van der Waals surface area contributed by atoms with Crippen LogP contribution in [0, 0.1) is 13.8 Å². The quantitative estimate of drug-likeness (QED) is 0.778. The molecule has 1 aromatic carbocycles. The maximum absolute atomic E-state index is 12.8. The minimum atomic E-state index is -4.06. The lowest BCUT2D eigenvalue weighted by atomic mass is 10.1. The number of ether oxygens (including phenoxy) is 2. The molecule has 0 atom stereocenters. The van der Waals surface area contributed by atoms with Gasteiger partial charge in [-0.2, -0.15) is 5.10 Å².